The van der Waals surface area contributed by atoms with Gasteiger partial charge in [0.15, 0.2) is 0 Å². The lowest BCUT2D eigenvalue weighted by Crippen LogP contribution is -2.48. The molecule has 1 aromatic heterocycles. The first-order valence-corrected chi connectivity index (χ1v) is 10.7. The highest BCUT2D eigenvalue weighted by Gasteiger charge is 2.32. The van der Waals surface area contributed by atoms with E-state index in [1.54, 1.807) is 6.20 Å². The Kier molecular flexibility index (Phi) is 5.11. The van der Waals surface area contributed by atoms with Gasteiger partial charge in [-0.15, -0.1) is 0 Å². The van der Waals surface area contributed by atoms with Gasteiger partial charge in [0.2, 0.25) is 5.91 Å². The van der Waals surface area contributed by atoms with Gasteiger partial charge in [-0.2, -0.15) is 4.98 Å². The zero-order valence-electron chi connectivity index (χ0n) is 16.8. The molecule has 7 nitrogen and oxygen atoms in total. The fraction of sp³-hybridized carbons (Fsp3) is 0.478. The molecule has 3 fully saturated rings. The predicted molar refractivity (Wildman–Crippen MR) is 108 cm³/mol. The number of hydrogen-bond donors (Lipinski definition) is 0. The van der Waals surface area contributed by atoms with Crippen LogP contribution >= 0.6 is 0 Å². The molecule has 156 valence electrons. The molecule has 0 N–H and O–H groups in total. The summed E-state index contributed by atoms with van der Waals surface area (Å²) in [4.78, 5) is 34.1. The fourth-order valence-electron chi connectivity index (χ4n) is 4.05. The molecule has 1 amide bonds. The summed E-state index contributed by atoms with van der Waals surface area (Å²) in [6, 6.07) is 10.3. The van der Waals surface area contributed by atoms with Gasteiger partial charge in [0.1, 0.15) is 5.75 Å². The standard InChI is InChI=1S/C23H25N3O4/c27-21(8-1-15-11-22(28)29-14-15)26-12-18(13-26)16-4-6-19(7-5-16)30-23-24-10-9-20(25-23)17-2-3-17/h4-7,9-10,15,17-18H,1-3,8,11-14H2/t15-/m0/s1. The maximum absolute atomic E-state index is 12.3. The summed E-state index contributed by atoms with van der Waals surface area (Å²) < 4.78 is 10.8. The lowest BCUT2D eigenvalue weighted by Gasteiger charge is -2.40. The average Bonchev–Trinajstić information content (AvgIpc) is 3.49. The van der Waals surface area contributed by atoms with E-state index in [9.17, 15) is 9.59 Å². The van der Waals surface area contributed by atoms with E-state index < -0.39 is 0 Å². The summed E-state index contributed by atoms with van der Waals surface area (Å²) in [7, 11) is 0. The average molecular weight is 407 g/mol. The van der Waals surface area contributed by atoms with Gasteiger partial charge in [-0.05, 0) is 43.0 Å². The Labute approximate surface area is 175 Å². The van der Waals surface area contributed by atoms with Gasteiger partial charge in [0, 0.05) is 43.5 Å². The molecule has 2 aromatic rings. The minimum Gasteiger partial charge on any atom is -0.465 e. The number of amides is 1. The third-order valence-corrected chi connectivity index (χ3v) is 6.15. The third-order valence-electron chi connectivity index (χ3n) is 6.15. The SMILES string of the molecule is O=C1C[C@H](CCC(=O)N2CC(c3ccc(Oc4nccc(C5CC5)n4)cc3)C2)CO1. The van der Waals surface area contributed by atoms with Crippen LogP contribution in [0.15, 0.2) is 36.5 Å². The van der Waals surface area contributed by atoms with E-state index in [-0.39, 0.29) is 17.8 Å². The van der Waals surface area contributed by atoms with Crippen LogP contribution in [0.3, 0.4) is 0 Å². The topological polar surface area (TPSA) is 81.6 Å². The number of aromatic nitrogens is 2. The first-order valence-electron chi connectivity index (χ1n) is 10.7. The zero-order valence-corrected chi connectivity index (χ0v) is 16.8. The van der Waals surface area contributed by atoms with Gasteiger partial charge < -0.3 is 14.4 Å². The molecular formula is C23H25N3O4. The van der Waals surface area contributed by atoms with Gasteiger partial charge in [0.05, 0.1) is 18.7 Å². The molecule has 2 aliphatic heterocycles. The number of cyclic esters (lactones) is 1. The maximum atomic E-state index is 12.3. The van der Waals surface area contributed by atoms with Crippen molar-refractivity contribution in [1.29, 1.82) is 0 Å². The van der Waals surface area contributed by atoms with E-state index in [0.717, 1.165) is 25.2 Å². The Morgan fingerprint density at radius 2 is 1.93 bits per heavy atom. The molecule has 0 bridgehead atoms. The quantitative estimate of drug-likeness (QED) is 0.654. The van der Waals surface area contributed by atoms with Gasteiger partial charge in [-0.25, -0.2) is 4.98 Å². The Morgan fingerprint density at radius 3 is 2.63 bits per heavy atom. The monoisotopic (exact) mass is 407 g/mol. The molecule has 3 heterocycles. The predicted octanol–water partition coefficient (Wildman–Crippen LogP) is 3.42. The fourth-order valence-corrected chi connectivity index (χ4v) is 4.05. The Hall–Kier alpha value is -2.96. The lowest BCUT2D eigenvalue weighted by atomic mass is 9.90. The molecule has 3 aliphatic rings. The first kappa shape index (κ1) is 19.0. The second kappa shape index (κ2) is 8.05. The molecule has 0 radical (unpaired) electrons. The highest BCUT2D eigenvalue weighted by molar-refractivity contribution is 5.77. The van der Waals surface area contributed by atoms with Gasteiger partial charge in [-0.1, -0.05) is 12.1 Å². The van der Waals surface area contributed by atoms with Gasteiger partial charge in [-0.3, -0.25) is 9.59 Å². The lowest BCUT2D eigenvalue weighted by molar-refractivity contribution is -0.138. The van der Waals surface area contributed by atoms with Crippen LogP contribution in [0.1, 0.15) is 55.2 Å². The molecule has 7 heteroatoms. The van der Waals surface area contributed by atoms with Crippen molar-refractivity contribution in [2.75, 3.05) is 19.7 Å². The number of ether oxygens (including phenoxy) is 2. The molecule has 1 aromatic carbocycles. The van der Waals surface area contributed by atoms with Crippen LogP contribution in [-0.4, -0.2) is 46.4 Å². The number of hydrogen-bond acceptors (Lipinski definition) is 6. The summed E-state index contributed by atoms with van der Waals surface area (Å²) in [5.41, 5.74) is 2.26. The van der Waals surface area contributed by atoms with Crippen LogP contribution in [-0.2, 0) is 14.3 Å². The van der Waals surface area contributed by atoms with Crippen LogP contribution in [0.25, 0.3) is 0 Å². The van der Waals surface area contributed by atoms with Crippen molar-refractivity contribution in [2.24, 2.45) is 5.92 Å². The number of rotatable bonds is 7. The molecule has 0 spiro atoms. The number of benzene rings is 1. The number of likely N-dealkylation sites (tertiary alicyclic amines) is 1. The van der Waals surface area contributed by atoms with Crippen molar-refractivity contribution < 1.29 is 19.1 Å². The molecule has 1 atom stereocenters. The zero-order chi connectivity index (χ0) is 20.5. The molecule has 5 rings (SSSR count). The van der Waals surface area contributed by atoms with Crippen LogP contribution < -0.4 is 4.74 Å². The highest BCUT2D eigenvalue weighted by Crippen LogP contribution is 2.39. The normalized spacial score (nSPS) is 21.3. The molecule has 0 unspecified atom stereocenters. The first-order chi connectivity index (χ1) is 14.6. The van der Waals surface area contributed by atoms with Gasteiger partial charge >= 0.3 is 12.0 Å². The Bertz CT molecular complexity index is 936. The van der Waals surface area contributed by atoms with Crippen molar-refractivity contribution in [3.8, 4) is 11.8 Å². The van der Waals surface area contributed by atoms with E-state index in [1.165, 1.54) is 18.4 Å². The summed E-state index contributed by atoms with van der Waals surface area (Å²) >= 11 is 0. The molecule has 1 saturated carbocycles. The van der Waals surface area contributed by atoms with Crippen LogP contribution in [0.2, 0.25) is 0 Å². The summed E-state index contributed by atoms with van der Waals surface area (Å²) in [5, 5.41) is 0. The molecular weight excluding hydrogens is 382 g/mol. The number of carbonyl (C=O) groups excluding carboxylic acids is 2. The van der Waals surface area contributed by atoms with Crippen molar-refractivity contribution in [3.05, 3.63) is 47.8 Å². The van der Waals surface area contributed by atoms with E-state index >= 15 is 0 Å². The van der Waals surface area contributed by atoms with E-state index in [2.05, 4.69) is 9.97 Å². The van der Waals surface area contributed by atoms with Gasteiger partial charge in [0.25, 0.3) is 0 Å². The van der Waals surface area contributed by atoms with Crippen molar-refractivity contribution in [1.82, 2.24) is 14.9 Å². The van der Waals surface area contributed by atoms with E-state index in [4.69, 9.17) is 9.47 Å². The number of carbonyl (C=O) groups is 2. The van der Waals surface area contributed by atoms with Crippen molar-refractivity contribution in [3.63, 3.8) is 0 Å². The highest BCUT2D eigenvalue weighted by atomic mass is 16.5. The Morgan fingerprint density at radius 1 is 1.13 bits per heavy atom. The summed E-state index contributed by atoms with van der Waals surface area (Å²) in [6.45, 7) is 1.94. The van der Waals surface area contributed by atoms with E-state index in [0.29, 0.717) is 43.0 Å². The maximum Gasteiger partial charge on any atom is 0.322 e. The Balaban J connectivity index is 1.09. The number of nitrogens with zero attached hydrogens (tertiary/aromatic N) is 3. The van der Waals surface area contributed by atoms with Crippen molar-refractivity contribution >= 4 is 11.9 Å². The van der Waals surface area contributed by atoms with Crippen molar-refractivity contribution in [2.45, 2.75) is 43.9 Å². The molecule has 1 aliphatic carbocycles. The second-order valence-corrected chi connectivity index (χ2v) is 8.50. The second-order valence-electron chi connectivity index (χ2n) is 8.50. The van der Waals surface area contributed by atoms with Crippen LogP contribution in [0.5, 0.6) is 11.8 Å². The summed E-state index contributed by atoms with van der Waals surface area (Å²) in [6.07, 6.45) is 5.80. The minimum atomic E-state index is -0.147. The van der Waals surface area contributed by atoms with E-state index in [1.807, 2.05) is 35.2 Å². The minimum absolute atomic E-state index is 0.147. The third kappa shape index (κ3) is 4.30. The largest absolute Gasteiger partial charge is 0.465 e. The smallest absolute Gasteiger partial charge is 0.322 e. The number of esters is 1. The molecule has 30 heavy (non-hydrogen) atoms. The summed E-state index contributed by atoms with van der Waals surface area (Å²) in [5.74, 6) is 1.85. The molecule has 2 saturated heterocycles. The van der Waals surface area contributed by atoms with Crippen LogP contribution in [0.4, 0.5) is 0 Å². The van der Waals surface area contributed by atoms with Crippen LogP contribution in [0, 0.1) is 5.92 Å².